The van der Waals surface area contributed by atoms with E-state index in [1.807, 2.05) is 0 Å². The first-order valence-corrected chi connectivity index (χ1v) is 6.27. The second-order valence-electron chi connectivity index (χ2n) is 5.72. The molecule has 1 unspecified atom stereocenters. The minimum Gasteiger partial charge on any atom is -0.352 e. The summed E-state index contributed by atoms with van der Waals surface area (Å²) in [5.41, 5.74) is 7.04. The van der Waals surface area contributed by atoms with E-state index in [1.165, 1.54) is 0 Å². The Hall–Kier alpha value is -1.42. The SMILES string of the molecule is CC(CNC(=O)c1ccnc(CN)c1)C(C)(C)C. The molecule has 0 saturated heterocycles. The van der Waals surface area contributed by atoms with E-state index in [-0.39, 0.29) is 11.3 Å². The van der Waals surface area contributed by atoms with E-state index in [0.29, 0.717) is 24.6 Å². The molecule has 0 spiro atoms. The van der Waals surface area contributed by atoms with Crippen molar-refractivity contribution in [2.24, 2.45) is 17.1 Å². The smallest absolute Gasteiger partial charge is 0.251 e. The number of carbonyl (C=O) groups is 1. The average molecular weight is 249 g/mol. The maximum atomic E-state index is 12.0. The van der Waals surface area contributed by atoms with Crippen LogP contribution in [-0.2, 0) is 6.54 Å². The molecule has 1 aromatic rings. The van der Waals surface area contributed by atoms with Crippen molar-refractivity contribution < 1.29 is 4.79 Å². The van der Waals surface area contributed by atoms with Crippen LogP contribution < -0.4 is 11.1 Å². The second-order valence-corrected chi connectivity index (χ2v) is 5.72. The third-order valence-corrected chi connectivity index (χ3v) is 3.34. The van der Waals surface area contributed by atoms with Gasteiger partial charge in [-0.2, -0.15) is 0 Å². The maximum Gasteiger partial charge on any atom is 0.251 e. The molecular weight excluding hydrogens is 226 g/mol. The van der Waals surface area contributed by atoms with Gasteiger partial charge in [-0.05, 0) is 23.5 Å². The molecule has 1 heterocycles. The summed E-state index contributed by atoms with van der Waals surface area (Å²) >= 11 is 0. The van der Waals surface area contributed by atoms with Gasteiger partial charge in [0, 0.05) is 24.8 Å². The predicted octanol–water partition coefficient (Wildman–Crippen LogP) is 1.95. The van der Waals surface area contributed by atoms with Gasteiger partial charge in [0.2, 0.25) is 0 Å². The van der Waals surface area contributed by atoms with Crippen LogP contribution in [-0.4, -0.2) is 17.4 Å². The Kier molecular flexibility index (Phi) is 4.84. The Morgan fingerprint density at radius 3 is 2.72 bits per heavy atom. The van der Waals surface area contributed by atoms with Crippen LogP contribution in [0.4, 0.5) is 0 Å². The van der Waals surface area contributed by atoms with Gasteiger partial charge in [-0.25, -0.2) is 0 Å². The van der Waals surface area contributed by atoms with E-state index in [1.54, 1.807) is 18.3 Å². The molecule has 0 radical (unpaired) electrons. The van der Waals surface area contributed by atoms with Crippen molar-refractivity contribution in [3.63, 3.8) is 0 Å². The molecule has 4 heteroatoms. The van der Waals surface area contributed by atoms with Crippen LogP contribution in [0.3, 0.4) is 0 Å². The van der Waals surface area contributed by atoms with E-state index in [2.05, 4.69) is 38.0 Å². The van der Waals surface area contributed by atoms with E-state index < -0.39 is 0 Å². The number of rotatable bonds is 4. The Morgan fingerprint density at radius 1 is 1.50 bits per heavy atom. The van der Waals surface area contributed by atoms with E-state index in [0.717, 1.165) is 5.69 Å². The van der Waals surface area contributed by atoms with Gasteiger partial charge < -0.3 is 11.1 Å². The Labute approximate surface area is 109 Å². The number of hydrogen-bond donors (Lipinski definition) is 2. The van der Waals surface area contributed by atoms with Gasteiger partial charge in [0.05, 0.1) is 5.69 Å². The standard InChI is InChI=1S/C14H23N3O/c1-10(14(2,3)4)9-17-13(18)11-5-6-16-12(7-11)8-15/h5-7,10H,8-9,15H2,1-4H3,(H,17,18). The van der Waals surface area contributed by atoms with Gasteiger partial charge in [-0.3, -0.25) is 9.78 Å². The zero-order valence-corrected chi connectivity index (χ0v) is 11.7. The van der Waals surface area contributed by atoms with Gasteiger partial charge in [-0.1, -0.05) is 27.7 Å². The molecule has 0 fully saturated rings. The summed E-state index contributed by atoms with van der Waals surface area (Å²) in [6, 6.07) is 3.44. The molecular formula is C14H23N3O. The summed E-state index contributed by atoms with van der Waals surface area (Å²) in [6.07, 6.45) is 1.62. The zero-order chi connectivity index (χ0) is 13.8. The van der Waals surface area contributed by atoms with Crippen molar-refractivity contribution in [1.82, 2.24) is 10.3 Å². The summed E-state index contributed by atoms with van der Waals surface area (Å²) in [4.78, 5) is 16.0. The number of nitrogens with two attached hydrogens (primary N) is 1. The van der Waals surface area contributed by atoms with Gasteiger partial charge >= 0.3 is 0 Å². The maximum absolute atomic E-state index is 12.0. The molecule has 0 bridgehead atoms. The third kappa shape index (κ3) is 4.11. The van der Waals surface area contributed by atoms with Crippen LogP contribution in [0.1, 0.15) is 43.7 Å². The molecule has 0 aliphatic heterocycles. The highest BCUT2D eigenvalue weighted by Gasteiger charge is 2.20. The molecule has 100 valence electrons. The van der Waals surface area contributed by atoms with E-state index in [9.17, 15) is 4.79 Å². The molecule has 18 heavy (non-hydrogen) atoms. The Balaban J connectivity index is 2.60. The van der Waals surface area contributed by atoms with Crippen LogP contribution in [0.2, 0.25) is 0 Å². The highest BCUT2D eigenvalue weighted by Crippen LogP contribution is 2.24. The number of nitrogens with zero attached hydrogens (tertiary/aromatic N) is 1. The lowest BCUT2D eigenvalue weighted by Gasteiger charge is -2.27. The molecule has 4 nitrogen and oxygen atoms in total. The molecule has 3 N–H and O–H groups in total. The summed E-state index contributed by atoms with van der Waals surface area (Å²) in [5, 5.41) is 2.95. The zero-order valence-electron chi connectivity index (χ0n) is 11.7. The number of aromatic nitrogens is 1. The van der Waals surface area contributed by atoms with Crippen molar-refractivity contribution in [2.45, 2.75) is 34.2 Å². The average Bonchev–Trinajstić information content (AvgIpc) is 2.34. The van der Waals surface area contributed by atoms with E-state index in [4.69, 9.17) is 5.73 Å². The predicted molar refractivity (Wildman–Crippen MR) is 73.1 cm³/mol. The normalized spacial score (nSPS) is 13.2. The lowest BCUT2D eigenvalue weighted by molar-refractivity contribution is 0.0937. The van der Waals surface area contributed by atoms with Crippen LogP contribution >= 0.6 is 0 Å². The minimum atomic E-state index is -0.0665. The fraction of sp³-hybridized carbons (Fsp3) is 0.571. The topological polar surface area (TPSA) is 68.0 Å². The van der Waals surface area contributed by atoms with Gasteiger partial charge in [0.25, 0.3) is 5.91 Å². The van der Waals surface area contributed by atoms with E-state index >= 15 is 0 Å². The summed E-state index contributed by atoms with van der Waals surface area (Å²) in [6.45, 7) is 9.66. The number of hydrogen-bond acceptors (Lipinski definition) is 3. The largest absolute Gasteiger partial charge is 0.352 e. The quantitative estimate of drug-likeness (QED) is 0.857. The first kappa shape index (κ1) is 14.6. The van der Waals surface area contributed by atoms with Crippen LogP contribution in [0, 0.1) is 11.3 Å². The lowest BCUT2D eigenvalue weighted by Crippen LogP contribution is -2.33. The van der Waals surface area contributed by atoms with Crippen LogP contribution in [0.25, 0.3) is 0 Å². The van der Waals surface area contributed by atoms with Crippen LogP contribution in [0.5, 0.6) is 0 Å². The number of amides is 1. The molecule has 0 aliphatic carbocycles. The molecule has 1 atom stereocenters. The number of nitrogens with one attached hydrogen (secondary N) is 1. The molecule has 0 aliphatic rings. The molecule has 0 aromatic carbocycles. The summed E-state index contributed by atoms with van der Waals surface area (Å²) < 4.78 is 0. The molecule has 1 rings (SSSR count). The monoisotopic (exact) mass is 249 g/mol. The molecule has 1 amide bonds. The van der Waals surface area contributed by atoms with Gasteiger partial charge in [0.1, 0.15) is 0 Å². The van der Waals surface area contributed by atoms with Crippen molar-refractivity contribution in [3.8, 4) is 0 Å². The number of carbonyl (C=O) groups excluding carboxylic acids is 1. The summed E-state index contributed by atoms with van der Waals surface area (Å²) in [5.74, 6) is 0.348. The van der Waals surface area contributed by atoms with Crippen molar-refractivity contribution in [1.29, 1.82) is 0 Å². The first-order valence-electron chi connectivity index (χ1n) is 6.27. The molecule has 1 aromatic heterocycles. The fourth-order valence-corrected chi connectivity index (χ4v) is 1.39. The Morgan fingerprint density at radius 2 is 2.17 bits per heavy atom. The highest BCUT2D eigenvalue weighted by atomic mass is 16.1. The minimum absolute atomic E-state index is 0.0665. The van der Waals surface area contributed by atoms with Crippen molar-refractivity contribution in [3.05, 3.63) is 29.6 Å². The highest BCUT2D eigenvalue weighted by molar-refractivity contribution is 5.94. The second kappa shape index (κ2) is 5.96. The van der Waals surface area contributed by atoms with Gasteiger partial charge in [-0.15, -0.1) is 0 Å². The first-order chi connectivity index (χ1) is 8.34. The van der Waals surface area contributed by atoms with Gasteiger partial charge in [0.15, 0.2) is 0 Å². The summed E-state index contributed by atoms with van der Waals surface area (Å²) in [7, 11) is 0. The lowest BCUT2D eigenvalue weighted by atomic mass is 9.82. The Bertz CT molecular complexity index is 410. The van der Waals surface area contributed by atoms with Crippen molar-refractivity contribution >= 4 is 5.91 Å². The van der Waals surface area contributed by atoms with Crippen LogP contribution in [0.15, 0.2) is 18.3 Å². The van der Waals surface area contributed by atoms with Crippen molar-refractivity contribution in [2.75, 3.05) is 6.54 Å². The fourth-order valence-electron chi connectivity index (χ4n) is 1.39. The third-order valence-electron chi connectivity index (χ3n) is 3.34. The molecule has 0 saturated carbocycles. The number of pyridine rings is 1.